The van der Waals surface area contributed by atoms with Gasteiger partial charge < -0.3 is 26.2 Å². The van der Waals surface area contributed by atoms with E-state index in [2.05, 4.69) is 0 Å². The molecule has 2 saturated carbocycles. The second kappa shape index (κ2) is 10.4. The van der Waals surface area contributed by atoms with Crippen LogP contribution in [0.4, 0.5) is 13.2 Å². The molecule has 244 valence electrons. The highest BCUT2D eigenvalue weighted by molar-refractivity contribution is 6.10. The van der Waals surface area contributed by atoms with Crippen molar-refractivity contribution >= 4 is 17.5 Å². The number of hydrogen-bond donors (Lipinski definition) is 5. The summed E-state index contributed by atoms with van der Waals surface area (Å²) < 4.78 is 39.7. The number of benzene rings is 2. The Balaban J connectivity index is 1.72. The predicted molar refractivity (Wildman–Crippen MR) is 158 cm³/mol. The minimum absolute atomic E-state index is 0.0134. The fraction of sp³-hybridized carbons (Fsp3) is 0.559. The van der Waals surface area contributed by atoms with Gasteiger partial charge in [-0.05, 0) is 70.9 Å². The van der Waals surface area contributed by atoms with Gasteiger partial charge in [0, 0.05) is 11.0 Å². The van der Waals surface area contributed by atoms with E-state index in [1.807, 2.05) is 13.8 Å². The summed E-state index contributed by atoms with van der Waals surface area (Å²) in [5.74, 6) is -8.15. The van der Waals surface area contributed by atoms with Crippen LogP contribution in [0.2, 0.25) is 0 Å². The van der Waals surface area contributed by atoms with Crippen LogP contribution in [0.15, 0.2) is 30.3 Å². The zero-order chi connectivity index (χ0) is 33.8. The fourth-order valence-corrected chi connectivity index (χ4v) is 9.20. The van der Waals surface area contributed by atoms with Crippen LogP contribution in [0, 0.1) is 34.5 Å². The third kappa shape index (κ3) is 4.48. The second-order valence-corrected chi connectivity index (χ2v) is 14.4. The molecule has 2 aromatic rings. The Morgan fingerprint density at radius 3 is 2.11 bits per heavy atom. The van der Waals surface area contributed by atoms with Gasteiger partial charge in [0.2, 0.25) is 5.91 Å². The summed E-state index contributed by atoms with van der Waals surface area (Å²) in [5, 5.41) is 47.1. The van der Waals surface area contributed by atoms with Gasteiger partial charge in [0.1, 0.15) is 17.8 Å². The van der Waals surface area contributed by atoms with Gasteiger partial charge >= 0.3 is 6.18 Å². The first-order valence-corrected chi connectivity index (χ1v) is 15.2. The topological polar surface area (TPSA) is 158 Å². The van der Waals surface area contributed by atoms with Crippen LogP contribution in [0.1, 0.15) is 80.9 Å². The Bertz CT molecular complexity index is 1590. The molecule has 2 unspecified atom stereocenters. The molecule has 0 saturated heterocycles. The number of amides is 1. The smallest absolute Gasteiger partial charge is 0.416 e. The lowest BCUT2D eigenvalue weighted by Crippen LogP contribution is -2.79. The van der Waals surface area contributed by atoms with E-state index in [0.29, 0.717) is 11.1 Å². The number of rotatable bonds is 4. The summed E-state index contributed by atoms with van der Waals surface area (Å²) in [6.07, 6.45) is -7.95. The molecule has 0 aromatic heterocycles. The van der Waals surface area contributed by atoms with Gasteiger partial charge in [0.15, 0.2) is 17.2 Å². The average molecular weight is 632 g/mol. The molecular weight excluding hydrogens is 591 g/mol. The van der Waals surface area contributed by atoms with Gasteiger partial charge in [-0.3, -0.25) is 14.4 Å². The van der Waals surface area contributed by atoms with Gasteiger partial charge in [-0.15, -0.1) is 0 Å². The number of fused-ring (bicyclic) bond motifs is 3. The number of carbonyl (C=O) groups excluding carboxylic acids is 3. The molecule has 11 heteroatoms. The number of aliphatic hydroxyl groups excluding tert-OH is 2. The third-order valence-corrected chi connectivity index (χ3v) is 11.0. The number of ketones is 2. The molecule has 2 fully saturated rings. The first kappa shape index (κ1) is 33.1. The highest BCUT2D eigenvalue weighted by Crippen LogP contribution is 2.66. The van der Waals surface area contributed by atoms with Crippen LogP contribution < -0.4 is 5.73 Å². The number of carbonyl (C=O) groups is 3. The molecule has 0 aliphatic heterocycles. The van der Waals surface area contributed by atoms with Crippen LogP contribution in [0.25, 0.3) is 11.1 Å². The molecule has 1 amide bonds. The zero-order valence-electron chi connectivity index (χ0n) is 26.1. The van der Waals surface area contributed by atoms with Crippen molar-refractivity contribution in [2.24, 2.45) is 40.2 Å². The molecule has 2 aromatic carbocycles. The Hall–Kier alpha value is -3.28. The van der Waals surface area contributed by atoms with Crippen LogP contribution in [0.3, 0.4) is 0 Å². The van der Waals surface area contributed by atoms with E-state index < -0.39 is 81.4 Å². The first-order valence-electron chi connectivity index (χ1n) is 15.2. The van der Waals surface area contributed by atoms with Crippen molar-refractivity contribution in [3.63, 3.8) is 0 Å². The molecule has 0 radical (unpaired) electrons. The summed E-state index contributed by atoms with van der Waals surface area (Å²) in [5.41, 5.74) is 0.897. The normalized spacial score (nSPS) is 34.8. The highest BCUT2D eigenvalue weighted by Gasteiger charge is 2.76. The van der Waals surface area contributed by atoms with Crippen molar-refractivity contribution in [1.29, 1.82) is 0 Å². The maximum absolute atomic E-state index is 14.5. The van der Waals surface area contributed by atoms with Gasteiger partial charge in [-0.2, -0.15) is 13.2 Å². The van der Waals surface area contributed by atoms with Crippen molar-refractivity contribution in [3.8, 4) is 16.9 Å². The molecule has 45 heavy (non-hydrogen) atoms. The van der Waals surface area contributed by atoms with E-state index in [-0.39, 0.29) is 41.4 Å². The minimum atomic E-state index is -4.57. The molecule has 0 heterocycles. The molecule has 5 rings (SSSR count). The lowest BCUT2D eigenvalue weighted by Gasteiger charge is -2.66. The van der Waals surface area contributed by atoms with Crippen LogP contribution in [-0.2, 0) is 22.2 Å². The minimum Gasteiger partial charge on any atom is -0.507 e. The largest absolute Gasteiger partial charge is 0.507 e. The molecule has 8 nitrogen and oxygen atoms in total. The SMILES string of the molecule is CC(C)c1cc(-c2ccc(C(F)(F)F)cc2)c(O)c2c1C[C@]1(C)C[C@]3(C)[C@@H](C(C)C)C(O)[C@@H](C(N)=O)C(=O)[C@]3(O)C(O)[C@H]1C2=O. The summed E-state index contributed by atoms with van der Waals surface area (Å²) in [6, 6.07) is 5.84. The summed E-state index contributed by atoms with van der Waals surface area (Å²) in [7, 11) is 0. The van der Waals surface area contributed by atoms with Crippen molar-refractivity contribution in [1.82, 2.24) is 0 Å². The molecule has 0 spiro atoms. The van der Waals surface area contributed by atoms with Crippen LogP contribution in [-0.4, -0.2) is 55.7 Å². The molecule has 0 bridgehead atoms. The van der Waals surface area contributed by atoms with E-state index in [1.165, 1.54) is 12.1 Å². The lowest BCUT2D eigenvalue weighted by molar-refractivity contribution is -0.265. The number of phenolic OH excluding ortho intramolecular Hbond substituents is 1. The van der Waals surface area contributed by atoms with Crippen molar-refractivity contribution in [3.05, 3.63) is 52.6 Å². The number of aliphatic hydroxyl groups is 3. The van der Waals surface area contributed by atoms with E-state index in [0.717, 1.165) is 12.1 Å². The van der Waals surface area contributed by atoms with E-state index in [4.69, 9.17) is 5.73 Å². The van der Waals surface area contributed by atoms with E-state index in [1.54, 1.807) is 33.8 Å². The zero-order valence-corrected chi connectivity index (χ0v) is 26.1. The van der Waals surface area contributed by atoms with Gasteiger partial charge in [0.05, 0.1) is 23.1 Å². The standard InChI is InChI=1S/C34H40F3NO7/c1-14(2)18-11-19(16-7-9-17(10-8-16)34(35,36)37)25(39)21-20(18)12-31(5)13-32(6)23(15(3)4)27(41)22(30(38)44)28(42)33(32,45)29(43)24(31)26(21)40/h7-11,14-15,22-24,27,29,39,41,43,45H,12-13H2,1-6H3,(H2,38,44)/t22-,23+,24-,27?,29?,31-,32-,33+/m1/s1. The number of hydrogen-bond acceptors (Lipinski definition) is 7. The Kier molecular flexibility index (Phi) is 7.62. The summed E-state index contributed by atoms with van der Waals surface area (Å²) >= 11 is 0. The van der Waals surface area contributed by atoms with E-state index >= 15 is 0 Å². The number of Topliss-reactive ketones (excluding diaryl/α,β-unsaturated/α-hetero) is 2. The Morgan fingerprint density at radius 1 is 1.04 bits per heavy atom. The number of alkyl halides is 3. The van der Waals surface area contributed by atoms with Crippen molar-refractivity contribution in [2.75, 3.05) is 0 Å². The number of phenols is 1. The van der Waals surface area contributed by atoms with Crippen LogP contribution >= 0.6 is 0 Å². The summed E-state index contributed by atoms with van der Waals surface area (Å²) in [6.45, 7) is 10.7. The number of nitrogens with two attached hydrogens (primary N) is 1. The van der Waals surface area contributed by atoms with Crippen LogP contribution in [0.5, 0.6) is 5.75 Å². The van der Waals surface area contributed by atoms with Crippen molar-refractivity contribution in [2.45, 2.75) is 84.3 Å². The lowest BCUT2D eigenvalue weighted by atomic mass is 9.39. The molecule has 3 aliphatic rings. The molecule has 6 N–H and O–H groups in total. The quantitative estimate of drug-likeness (QED) is 0.313. The molecule has 3 aliphatic carbocycles. The maximum Gasteiger partial charge on any atom is 0.416 e. The van der Waals surface area contributed by atoms with Gasteiger partial charge in [-0.1, -0.05) is 53.7 Å². The maximum atomic E-state index is 14.5. The first-order chi connectivity index (χ1) is 20.6. The predicted octanol–water partition coefficient (Wildman–Crippen LogP) is 4.38. The monoisotopic (exact) mass is 631 g/mol. The molecular formula is C34H40F3NO7. The fourth-order valence-electron chi connectivity index (χ4n) is 9.20. The van der Waals surface area contributed by atoms with Gasteiger partial charge in [0.25, 0.3) is 0 Å². The Labute approximate surface area is 259 Å². The third-order valence-electron chi connectivity index (χ3n) is 11.0. The summed E-state index contributed by atoms with van der Waals surface area (Å²) in [4.78, 5) is 40.8. The Morgan fingerprint density at radius 2 is 1.62 bits per heavy atom. The molecule has 8 atom stereocenters. The number of primary amides is 1. The number of halogens is 3. The van der Waals surface area contributed by atoms with E-state index in [9.17, 15) is 48.0 Å². The number of aromatic hydroxyl groups is 1. The average Bonchev–Trinajstić information content (AvgIpc) is 2.89. The van der Waals surface area contributed by atoms with Crippen molar-refractivity contribution < 1.29 is 48.0 Å². The highest BCUT2D eigenvalue weighted by atomic mass is 19.4. The second-order valence-electron chi connectivity index (χ2n) is 14.4. The van der Waals surface area contributed by atoms with Gasteiger partial charge in [-0.25, -0.2) is 0 Å².